The molecular weight excluding hydrogens is 257 g/mol. The fourth-order valence-electron chi connectivity index (χ4n) is 2.17. The Kier molecular flexibility index (Phi) is 2.70. The lowest BCUT2D eigenvalue weighted by Crippen LogP contribution is -2.31. The van der Waals surface area contributed by atoms with Crippen LogP contribution in [0.15, 0.2) is 16.5 Å². The molecule has 0 aliphatic carbocycles. The molecule has 0 spiro atoms. The first-order valence-corrected chi connectivity index (χ1v) is 6.04. The van der Waals surface area contributed by atoms with Gasteiger partial charge >= 0.3 is 6.01 Å². The Hall–Kier alpha value is -1.62. The highest BCUT2D eigenvalue weighted by Crippen LogP contribution is 2.30. The minimum atomic E-state index is -0.240. The van der Waals surface area contributed by atoms with Crippen molar-refractivity contribution >= 4 is 17.6 Å². The summed E-state index contributed by atoms with van der Waals surface area (Å²) in [6, 6.07) is 3.42. The van der Waals surface area contributed by atoms with Crippen LogP contribution in [0.3, 0.4) is 0 Å². The maximum Gasteiger partial charge on any atom is 0.318 e. The fourth-order valence-corrected chi connectivity index (χ4v) is 2.44. The van der Waals surface area contributed by atoms with Crippen LogP contribution in [0, 0.1) is 12.7 Å². The standard InChI is InChI=1S/C12H11ClFN3O/c1-7-15-16-12(18-7)17-5-4-8-9(6-17)11(14)3-2-10(8)13/h2-3H,4-6H2,1H3. The Balaban J connectivity index is 1.96. The Morgan fingerprint density at radius 3 is 2.89 bits per heavy atom. The molecule has 1 aliphatic heterocycles. The van der Waals surface area contributed by atoms with Gasteiger partial charge in [-0.2, -0.15) is 0 Å². The molecule has 0 saturated heterocycles. The van der Waals surface area contributed by atoms with Crippen LogP contribution in [0.4, 0.5) is 10.4 Å². The van der Waals surface area contributed by atoms with E-state index < -0.39 is 0 Å². The summed E-state index contributed by atoms with van der Waals surface area (Å²) in [5.41, 5.74) is 1.49. The van der Waals surface area contributed by atoms with Crippen molar-refractivity contribution in [2.24, 2.45) is 0 Å². The quantitative estimate of drug-likeness (QED) is 0.797. The number of aromatic nitrogens is 2. The molecule has 3 rings (SSSR count). The van der Waals surface area contributed by atoms with Gasteiger partial charge in [-0.3, -0.25) is 0 Å². The van der Waals surface area contributed by atoms with Crippen molar-refractivity contribution in [2.75, 3.05) is 11.4 Å². The topological polar surface area (TPSA) is 42.2 Å². The van der Waals surface area contributed by atoms with Crippen LogP contribution < -0.4 is 4.90 Å². The third-order valence-electron chi connectivity index (χ3n) is 3.08. The van der Waals surface area contributed by atoms with Gasteiger partial charge in [-0.15, -0.1) is 5.10 Å². The van der Waals surface area contributed by atoms with Crippen LogP contribution in [-0.2, 0) is 13.0 Å². The number of anilines is 1. The number of halogens is 2. The van der Waals surface area contributed by atoms with E-state index in [2.05, 4.69) is 10.2 Å². The third kappa shape index (κ3) is 1.84. The van der Waals surface area contributed by atoms with E-state index in [4.69, 9.17) is 16.0 Å². The van der Waals surface area contributed by atoms with Gasteiger partial charge in [0.2, 0.25) is 5.89 Å². The SMILES string of the molecule is Cc1nnc(N2CCc3c(Cl)ccc(F)c3C2)o1. The average molecular weight is 268 g/mol. The van der Waals surface area contributed by atoms with Crippen molar-refractivity contribution in [2.45, 2.75) is 19.9 Å². The van der Waals surface area contributed by atoms with Crippen LogP contribution in [0.1, 0.15) is 17.0 Å². The first-order chi connectivity index (χ1) is 8.65. The molecule has 0 N–H and O–H groups in total. The minimum absolute atomic E-state index is 0.240. The predicted octanol–water partition coefficient (Wildman–Crippen LogP) is 2.73. The molecule has 0 bridgehead atoms. The summed E-state index contributed by atoms with van der Waals surface area (Å²) in [4.78, 5) is 1.86. The van der Waals surface area contributed by atoms with Crippen molar-refractivity contribution in [3.8, 4) is 0 Å². The van der Waals surface area contributed by atoms with Crippen molar-refractivity contribution in [1.29, 1.82) is 0 Å². The number of hydrogen-bond acceptors (Lipinski definition) is 4. The number of aryl methyl sites for hydroxylation is 1. The lowest BCUT2D eigenvalue weighted by atomic mass is 9.99. The molecule has 18 heavy (non-hydrogen) atoms. The van der Waals surface area contributed by atoms with Gasteiger partial charge in [0.15, 0.2) is 0 Å². The molecule has 1 aromatic heterocycles. The van der Waals surface area contributed by atoms with E-state index in [1.54, 1.807) is 13.0 Å². The van der Waals surface area contributed by atoms with E-state index in [1.165, 1.54) is 6.07 Å². The summed E-state index contributed by atoms with van der Waals surface area (Å²) in [6.45, 7) is 2.83. The summed E-state index contributed by atoms with van der Waals surface area (Å²) in [5.74, 6) is 0.262. The Morgan fingerprint density at radius 1 is 1.33 bits per heavy atom. The van der Waals surface area contributed by atoms with Gasteiger partial charge in [0.05, 0.1) is 6.54 Å². The number of fused-ring (bicyclic) bond motifs is 1. The summed E-state index contributed by atoms with van der Waals surface area (Å²) in [5, 5.41) is 8.35. The van der Waals surface area contributed by atoms with Crippen molar-refractivity contribution in [3.63, 3.8) is 0 Å². The van der Waals surface area contributed by atoms with E-state index >= 15 is 0 Å². The Labute approximate surface area is 108 Å². The smallest absolute Gasteiger partial charge is 0.318 e. The number of nitrogens with zero attached hydrogens (tertiary/aromatic N) is 3. The maximum absolute atomic E-state index is 13.8. The second-order valence-electron chi connectivity index (χ2n) is 4.26. The zero-order valence-electron chi connectivity index (χ0n) is 9.78. The maximum atomic E-state index is 13.8. The molecule has 94 valence electrons. The summed E-state index contributed by atoms with van der Waals surface area (Å²) in [6.07, 6.45) is 0.674. The highest BCUT2D eigenvalue weighted by Gasteiger charge is 2.24. The molecule has 2 aromatic rings. The van der Waals surface area contributed by atoms with Gasteiger partial charge in [-0.05, 0) is 24.1 Å². The molecule has 0 amide bonds. The van der Waals surface area contributed by atoms with Crippen LogP contribution >= 0.6 is 11.6 Å². The summed E-state index contributed by atoms with van der Waals surface area (Å²) >= 11 is 6.08. The highest BCUT2D eigenvalue weighted by atomic mass is 35.5. The molecule has 6 heteroatoms. The van der Waals surface area contributed by atoms with E-state index in [0.717, 1.165) is 5.56 Å². The van der Waals surface area contributed by atoms with E-state index in [-0.39, 0.29) is 5.82 Å². The molecule has 0 radical (unpaired) electrons. The largest absolute Gasteiger partial charge is 0.408 e. The van der Waals surface area contributed by atoms with E-state index in [9.17, 15) is 4.39 Å². The van der Waals surface area contributed by atoms with Crippen LogP contribution in [0.5, 0.6) is 0 Å². The predicted molar refractivity (Wildman–Crippen MR) is 65.2 cm³/mol. The van der Waals surface area contributed by atoms with E-state index in [1.807, 2.05) is 4.90 Å². The Bertz CT molecular complexity index is 599. The van der Waals surface area contributed by atoms with Crippen LogP contribution in [0.25, 0.3) is 0 Å². The third-order valence-corrected chi connectivity index (χ3v) is 3.44. The molecule has 1 aromatic carbocycles. The molecule has 4 nitrogen and oxygen atoms in total. The van der Waals surface area contributed by atoms with Crippen molar-refractivity contribution in [3.05, 3.63) is 40.0 Å². The van der Waals surface area contributed by atoms with Gasteiger partial charge in [-0.25, -0.2) is 4.39 Å². The molecule has 1 aliphatic rings. The second-order valence-corrected chi connectivity index (χ2v) is 4.67. The van der Waals surface area contributed by atoms with Crippen molar-refractivity contribution in [1.82, 2.24) is 10.2 Å². The van der Waals surface area contributed by atoms with Gasteiger partial charge in [0, 0.05) is 24.1 Å². The first-order valence-electron chi connectivity index (χ1n) is 5.66. The fraction of sp³-hybridized carbons (Fsp3) is 0.333. The monoisotopic (exact) mass is 267 g/mol. The normalized spacial score (nSPS) is 14.7. The van der Waals surface area contributed by atoms with Gasteiger partial charge in [-0.1, -0.05) is 16.7 Å². The molecule has 2 heterocycles. The molecular formula is C12H11ClFN3O. The van der Waals surface area contributed by atoms with E-state index in [0.29, 0.717) is 42.0 Å². The molecule has 0 unspecified atom stereocenters. The number of benzene rings is 1. The second kappa shape index (κ2) is 4.24. The molecule has 0 atom stereocenters. The lowest BCUT2D eigenvalue weighted by molar-refractivity contribution is 0.491. The lowest BCUT2D eigenvalue weighted by Gasteiger charge is -2.27. The minimum Gasteiger partial charge on any atom is -0.408 e. The number of rotatable bonds is 1. The number of hydrogen-bond donors (Lipinski definition) is 0. The zero-order chi connectivity index (χ0) is 12.7. The van der Waals surface area contributed by atoms with Crippen molar-refractivity contribution < 1.29 is 8.81 Å². The van der Waals surface area contributed by atoms with Gasteiger partial charge < -0.3 is 9.32 Å². The van der Waals surface area contributed by atoms with Crippen LogP contribution in [0.2, 0.25) is 5.02 Å². The average Bonchev–Trinajstić information content (AvgIpc) is 2.80. The zero-order valence-corrected chi connectivity index (χ0v) is 10.5. The Morgan fingerprint density at radius 2 is 2.17 bits per heavy atom. The summed E-state index contributed by atoms with van der Waals surface area (Å²) in [7, 11) is 0. The van der Waals surface area contributed by atoms with Gasteiger partial charge in [0.1, 0.15) is 5.82 Å². The molecule has 0 saturated carbocycles. The molecule has 0 fully saturated rings. The van der Waals surface area contributed by atoms with Crippen LogP contribution in [-0.4, -0.2) is 16.7 Å². The van der Waals surface area contributed by atoms with Gasteiger partial charge in [0.25, 0.3) is 0 Å². The summed E-state index contributed by atoms with van der Waals surface area (Å²) < 4.78 is 19.2. The highest BCUT2D eigenvalue weighted by molar-refractivity contribution is 6.31. The first kappa shape index (κ1) is 11.5.